The van der Waals surface area contributed by atoms with Crippen molar-refractivity contribution in [2.24, 2.45) is 0 Å². The van der Waals surface area contributed by atoms with Gasteiger partial charge in [0.05, 0.1) is 0 Å². The number of carboxylic acid groups (broad SMARTS) is 1. The molecule has 1 rings (SSSR count). The summed E-state index contributed by atoms with van der Waals surface area (Å²) in [5.74, 6) is 0. The molecule has 5 heteroatoms. The second-order valence-corrected chi connectivity index (χ2v) is 3.84. The fraction of sp³-hybridized carbons (Fsp3) is 0.833. The summed E-state index contributed by atoms with van der Waals surface area (Å²) in [6, 6.07) is 0.352. The molecule has 3 nitrogen and oxygen atoms in total. The lowest BCUT2D eigenvalue weighted by atomic mass is 9.97. The third-order valence-corrected chi connectivity index (χ3v) is 3.40. The van der Waals surface area contributed by atoms with Gasteiger partial charge in [-0.3, -0.25) is 0 Å². The number of likely N-dealkylation sites (tertiary alicyclic amines) is 1. The van der Waals surface area contributed by atoms with Gasteiger partial charge >= 0.3 is 6.09 Å². The molecule has 1 aliphatic heterocycles. The van der Waals surface area contributed by atoms with Crippen LogP contribution in [0.3, 0.4) is 0 Å². The molecule has 0 aliphatic carbocycles. The number of alkyl halides is 2. The predicted octanol–water partition coefficient (Wildman–Crippen LogP) is 1.90. The van der Waals surface area contributed by atoms with Gasteiger partial charge in [0.15, 0.2) is 0 Å². The van der Waals surface area contributed by atoms with Gasteiger partial charge in [-0.2, -0.15) is 0 Å². The number of rotatable bonds is 2. The Morgan fingerprint density at radius 1 is 1.45 bits per heavy atom. The van der Waals surface area contributed by atoms with Gasteiger partial charge in [0, 0.05) is 22.7 Å². The van der Waals surface area contributed by atoms with Crippen molar-refractivity contribution >= 4 is 38.0 Å². The maximum atomic E-state index is 10.6. The molecule has 1 aliphatic rings. The molecule has 0 radical (unpaired) electrons. The van der Waals surface area contributed by atoms with Gasteiger partial charge in [0.25, 0.3) is 0 Å². The summed E-state index contributed by atoms with van der Waals surface area (Å²) in [5, 5.41) is 10.2. The number of hydrogen-bond acceptors (Lipinski definition) is 1. The Bertz CT molecular complexity index is 155. The number of amides is 1. The van der Waals surface area contributed by atoms with Gasteiger partial charge in [-0.15, -0.1) is 0 Å². The van der Waals surface area contributed by atoms with E-state index >= 15 is 0 Å². The SMILES string of the molecule is O=C(O)N1C(CBr)CC1CBr. The van der Waals surface area contributed by atoms with Crippen LogP contribution >= 0.6 is 31.9 Å². The molecular formula is C6H9Br2NO2. The zero-order valence-electron chi connectivity index (χ0n) is 5.83. The van der Waals surface area contributed by atoms with Gasteiger partial charge in [-0.05, 0) is 6.42 Å². The highest BCUT2D eigenvalue weighted by Gasteiger charge is 2.40. The summed E-state index contributed by atoms with van der Waals surface area (Å²) in [5.41, 5.74) is 0. The van der Waals surface area contributed by atoms with Crippen LogP contribution in [0.2, 0.25) is 0 Å². The van der Waals surface area contributed by atoms with E-state index in [4.69, 9.17) is 5.11 Å². The largest absolute Gasteiger partial charge is 0.465 e. The fourth-order valence-corrected chi connectivity index (χ4v) is 2.44. The van der Waals surface area contributed by atoms with Crippen LogP contribution in [0.4, 0.5) is 4.79 Å². The lowest BCUT2D eigenvalue weighted by molar-refractivity contribution is 0.0466. The summed E-state index contributed by atoms with van der Waals surface area (Å²) >= 11 is 6.54. The third kappa shape index (κ3) is 1.69. The molecule has 1 fully saturated rings. The van der Waals surface area contributed by atoms with Crippen molar-refractivity contribution < 1.29 is 9.90 Å². The zero-order valence-corrected chi connectivity index (χ0v) is 9.01. The lowest BCUT2D eigenvalue weighted by Crippen LogP contribution is -2.59. The maximum absolute atomic E-state index is 10.6. The highest BCUT2D eigenvalue weighted by Crippen LogP contribution is 2.28. The van der Waals surface area contributed by atoms with E-state index in [0.29, 0.717) is 0 Å². The smallest absolute Gasteiger partial charge is 0.407 e. The van der Waals surface area contributed by atoms with Crippen molar-refractivity contribution in [2.75, 3.05) is 10.7 Å². The van der Waals surface area contributed by atoms with Crippen LogP contribution in [-0.2, 0) is 0 Å². The summed E-state index contributed by atoms with van der Waals surface area (Å²) in [6.45, 7) is 0. The Morgan fingerprint density at radius 2 is 1.91 bits per heavy atom. The highest BCUT2D eigenvalue weighted by atomic mass is 79.9. The standard InChI is InChI=1S/C6H9Br2NO2/c7-2-4-1-5(3-8)9(4)6(10)11/h4-5H,1-3H2,(H,10,11). The van der Waals surface area contributed by atoms with Crippen LogP contribution in [0.5, 0.6) is 0 Å². The fourth-order valence-electron chi connectivity index (χ4n) is 1.29. The van der Waals surface area contributed by atoms with Gasteiger partial charge in [-0.25, -0.2) is 4.79 Å². The van der Waals surface area contributed by atoms with E-state index in [2.05, 4.69) is 31.9 Å². The number of hydrogen-bond donors (Lipinski definition) is 1. The van der Waals surface area contributed by atoms with E-state index in [9.17, 15) is 4.79 Å². The summed E-state index contributed by atoms with van der Waals surface area (Å²) in [4.78, 5) is 12.1. The Labute approximate surface area is 82.0 Å². The molecule has 2 atom stereocenters. The van der Waals surface area contributed by atoms with Crippen molar-refractivity contribution in [2.45, 2.75) is 18.5 Å². The minimum absolute atomic E-state index is 0.176. The average molecular weight is 287 g/mol. The number of halogens is 2. The van der Waals surface area contributed by atoms with E-state index in [1.54, 1.807) is 0 Å². The van der Waals surface area contributed by atoms with Crippen molar-refractivity contribution in [3.05, 3.63) is 0 Å². The molecule has 0 bridgehead atoms. The Hall–Kier alpha value is 0.230. The van der Waals surface area contributed by atoms with Gasteiger partial charge in [0.1, 0.15) is 0 Å². The van der Waals surface area contributed by atoms with Gasteiger partial charge in [-0.1, -0.05) is 31.9 Å². The van der Waals surface area contributed by atoms with Gasteiger partial charge in [0.2, 0.25) is 0 Å². The number of carbonyl (C=O) groups is 1. The molecule has 0 aromatic heterocycles. The Morgan fingerprint density at radius 3 is 2.18 bits per heavy atom. The molecule has 0 aromatic rings. The van der Waals surface area contributed by atoms with Crippen LogP contribution in [0.15, 0.2) is 0 Å². The second-order valence-electron chi connectivity index (χ2n) is 2.54. The van der Waals surface area contributed by atoms with Crippen LogP contribution < -0.4 is 0 Å². The molecular weight excluding hydrogens is 278 g/mol. The third-order valence-electron chi connectivity index (χ3n) is 1.91. The molecule has 0 saturated carbocycles. The first-order valence-corrected chi connectivity index (χ1v) is 5.58. The normalized spacial score (nSPS) is 29.8. The zero-order chi connectivity index (χ0) is 8.43. The number of nitrogens with zero attached hydrogens (tertiary/aromatic N) is 1. The monoisotopic (exact) mass is 285 g/mol. The molecule has 0 spiro atoms. The first-order chi connectivity index (χ1) is 5.20. The minimum atomic E-state index is -0.815. The minimum Gasteiger partial charge on any atom is -0.465 e. The molecule has 1 amide bonds. The first kappa shape index (κ1) is 9.32. The van der Waals surface area contributed by atoms with E-state index in [1.165, 1.54) is 4.90 Å². The topological polar surface area (TPSA) is 40.5 Å². The molecule has 1 heterocycles. The maximum Gasteiger partial charge on any atom is 0.407 e. The average Bonchev–Trinajstić information content (AvgIpc) is 1.86. The first-order valence-electron chi connectivity index (χ1n) is 3.34. The van der Waals surface area contributed by atoms with Crippen LogP contribution in [0, 0.1) is 0 Å². The van der Waals surface area contributed by atoms with E-state index < -0.39 is 6.09 Å². The van der Waals surface area contributed by atoms with Crippen molar-refractivity contribution in [1.29, 1.82) is 0 Å². The summed E-state index contributed by atoms with van der Waals surface area (Å²) in [6.07, 6.45) is 0.146. The Kier molecular flexibility index (Phi) is 3.18. The van der Waals surface area contributed by atoms with Gasteiger partial charge < -0.3 is 10.0 Å². The predicted molar refractivity (Wildman–Crippen MR) is 49.6 cm³/mol. The van der Waals surface area contributed by atoms with Crippen molar-refractivity contribution in [1.82, 2.24) is 4.90 Å². The molecule has 64 valence electrons. The van der Waals surface area contributed by atoms with E-state index in [1.807, 2.05) is 0 Å². The van der Waals surface area contributed by atoms with E-state index in [0.717, 1.165) is 17.1 Å². The van der Waals surface area contributed by atoms with Crippen molar-refractivity contribution in [3.63, 3.8) is 0 Å². The van der Waals surface area contributed by atoms with Crippen LogP contribution in [0.25, 0.3) is 0 Å². The van der Waals surface area contributed by atoms with E-state index in [-0.39, 0.29) is 12.1 Å². The van der Waals surface area contributed by atoms with Crippen LogP contribution in [-0.4, -0.2) is 38.8 Å². The summed E-state index contributed by atoms with van der Waals surface area (Å²) < 4.78 is 0. The second kappa shape index (κ2) is 3.76. The molecule has 0 aromatic carbocycles. The molecule has 1 saturated heterocycles. The molecule has 2 unspecified atom stereocenters. The quantitative estimate of drug-likeness (QED) is 0.788. The Balaban J connectivity index is 2.49. The highest BCUT2D eigenvalue weighted by molar-refractivity contribution is 9.09. The van der Waals surface area contributed by atoms with Crippen LogP contribution in [0.1, 0.15) is 6.42 Å². The lowest BCUT2D eigenvalue weighted by Gasteiger charge is -2.45. The molecule has 11 heavy (non-hydrogen) atoms. The van der Waals surface area contributed by atoms with Crippen molar-refractivity contribution in [3.8, 4) is 0 Å². The molecule has 1 N–H and O–H groups in total. The summed E-state index contributed by atoms with van der Waals surface area (Å²) in [7, 11) is 0.